The highest BCUT2D eigenvalue weighted by Crippen LogP contribution is 2.07. The molecule has 0 heterocycles. The molecule has 4 heteroatoms. The van der Waals surface area contributed by atoms with Crippen LogP contribution in [0.25, 0.3) is 0 Å². The first kappa shape index (κ1) is 17.9. The van der Waals surface area contributed by atoms with Crippen LogP contribution in [-0.2, 0) is 9.47 Å². The fourth-order valence-electron chi connectivity index (χ4n) is 1.38. The van der Waals surface area contributed by atoms with E-state index >= 15 is 0 Å². The van der Waals surface area contributed by atoms with E-state index in [2.05, 4.69) is 42.2 Å². The molecule has 0 aliphatic heterocycles. The van der Waals surface area contributed by atoms with Gasteiger partial charge in [-0.3, -0.25) is 0 Å². The maximum atomic E-state index is 5.47. The molecule has 0 aromatic heterocycles. The van der Waals surface area contributed by atoms with Gasteiger partial charge in [0.05, 0.1) is 0 Å². The third-order valence-electron chi connectivity index (χ3n) is 2.59. The molecule has 104 valence electrons. The Morgan fingerprint density at radius 3 is 2.06 bits per heavy atom. The molecule has 17 heavy (non-hydrogen) atoms. The average Bonchev–Trinajstić information content (AvgIpc) is 2.24. The maximum Gasteiger partial charge on any atom is 0.146 e. The van der Waals surface area contributed by atoms with Crippen molar-refractivity contribution in [1.82, 2.24) is 0 Å². The van der Waals surface area contributed by atoms with Gasteiger partial charge in [-0.25, -0.2) is 0 Å². The lowest BCUT2D eigenvalue weighted by Gasteiger charge is -2.15. The summed E-state index contributed by atoms with van der Waals surface area (Å²) in [5.41, 5.74) is 0. The van der Waals surface area contributed by atoms with Crippen LogP contribution in [0.4, 0.5) is 0 Å². The Morgan fingerprint density at radius 2 is 1.41 bits per heavy atom. The van der Waals surface area contributed by atoms with Crippen molar-refractivity contribution in [2.45, 2.75) is 57.8 Å². The minimum atomic E-state index is -0.932. The maximum absolute atomic E-state index is 5.47. The molecule has 2 nitrogen and oxygen atoms in total. The van der Waals surface area contributed by atoms with E-state index in [0.29, 0.717) is 6.79 Å². The van der Waals surface area contributed by atoms with Crippen LogP contribution in [0, 0.1) is 0 Å². The van der Waals surface area contributed by atoms with E-state index in [9.17, 15) is 0 Å². The molecule has 0 radical (unpaired) electrons. The van der Waals surface area contributed by atoms with Crippen molar-refractivity contribution in [2.24, 2.45) is 0 Å². The Hall–Kier alpha value is 0.867. The minimum absolute atomic E-state index is 0.484. The Kier molecular flexibility index (Phi) is 12.5. The van der Waals surface area contributed by atoms with Gasteiger partial charge in [0.2, 0.25) is 0 Å². The standard InChI is InChI=1S/C13H29IO2Si/c1-17(2,3)12-11-16-13-15-10-8-6-4-5-7-9-14/h4-13H2,1-3H3. The van der Waals surface area contributed by atoms with Gasteiger partial charge in [0, 0.05) is 21.3 Å². The summed E-state index contributed by atoms with van der Waals surface area (Å²) in [6.07, 6.45) is 6.56. The minimum Gasteiger partial charge on any atom is -0.356 e. The van der Waals surface area contributed by atoms with Crippen LogP contribution in [-0.4, -0.2) is 32.5 Å². The average molecular weight is 372 g/mol. The Bertz CT molecular complexity index is 160. The molecule has 0 saturated carbocycles. The highest BCUT2D eigenvalue weighted by atomic mass is 127. The smallest absolute Gasteiger partial charge is 0.146 e. The largest absolute Gasteiger partial charge is 0.356 e. The molecule has 0 spiro atoms. The molecule has 0 aliphatic rings. The normalized spacial score (nSPS) is 12.0. The number of unbranched alkanes of at least 4 members (excludes halogenated alkanes) is 4. The highest BCUT2D eigenvalue weighted by Gasteiger charge is 2.11. The van der Waals surface area contributed by atoms with Crippen LogP contribution < -0.4 is 0 Å². The molecule has 0 aromatic carbocycles. The summed E-state index contributed by atoms with van der Waals surface area (Å²) in [6, 6.07) is 1.23. The van der Waals surface area contributed by atoms with E-state index in [4.69, 9.17) is 9.47 Å². The summed E-state index contributed by atoms with van der Waals surface area (Å²) in [5.74, 6) is 0. The quantitative estimate of drug-likeness (QED) is 0.163. The predicted octanol–water partition coefficient (Wildman–Crippen LogP) is 4.70. The van der Waals surface area contributed by atoms with E-state index in [1.165, 1.54) is 42.6 Å². The second-order valence-electron chi connectivity index (χ2n) is 5.70. The van der Waals surface area contributed by atoms with Gasteiger partial charge in [0.1, 0.15) is 6.79 Å². The van der Waals surface area contributed by atoms with Gasteiger partial charge < -0.3 is 9.47 Å². The fraction of sp³-hybridized carbons (Fsp3) is 1.00. The lowest BCUT2D eigenvalue weighted by molar-refractivity contribution is -0.0503. The fourth-order valence-corrected chi connectivity index (χ4v) is 2.68. The van der Waals surface area contributed by atoms with Crippen molar-refractivity contribution >= 4 is 30.7 Å². The van der Waals surface area contributed by atoms with Gasteiger partial charge in [0.15, 0.2) is 0 Å². The first-order chi connectivity index (χ1) is 8.06. The molecule has 0 amide bonds. The predicted molar refractivity (Wildman–Crippen MR) is 86.9 cm³/mol. The van der Waals surface area contributed by atoms with Gasteiger partial charge in [-0.05, 0) is 23.3 Å². The van der Waals surface area contributed by atoms with Crippen LogP contribution in [0.3, 0.4) is 0 Å². The van der Waals surface area contributed by atoms with Gasteiger partial charge in [0.25, 0.3) is 0 Å². The Balaban J connectivity index is 2.99. The van der Waals surface area contributed by atoms with Crippen LogP contribution in [0.5, 0.6) is 0 Å². The van der Waals surface area contributed by atoms with Gasteiger partial charge in [-0.1, -0.05) is 61.5 Å². The summed E-state index contributed by atoms with van der Waals surface area (Å²) < 4.78 is 12.2. The van der Waals surface area contributed by atoms with E-state index in [-0.39, 0.29) is 0 Å². The van der Waals surface area contributed by atoms with Crippen molar-refractivity contribution in [2.75, 3.05) is 24.4 Å². The first-order valence-corrected chi connectivity index (χ1v) is 12.0. The van der Waals surface area contributed by atoms with Crippen molar-refractivity contribution in [1.29, 1.82) is 0 Å². The first-order valence-electron chi connectivity index (χ1n) is 6.78. The van der Waals surface area contributed by atoms with Crippen LogP contribution in [0.2, 0.25) is 25.7 Å². The number of halogens is 1. The molecule has 0 saturated heterocycles. The SMILES string of the molecule is C[Si](C)(C)CCOCOCCCCCCCI. The molecule has 0 aromatic rings. The monoisotopic (exact) mass is 372 g/mol. The molecule has 0 rings (SSSR count). The van der Waals surface area contributed by atoms with Crippen molar-refractivity contribution < 1.29 is 9.47 Å². The van der Waals surface area contributed by atoms with E-state index in [1.54, 1.807) is 0 Å². The molecule has 0 atom stereocenters. The molecular formula is C13H29IO2Si. The lowest BCUT2D eigenvalue weighted by Crippen LogP contribution is -2.22. The molecule has 0 bridgehead atoms. The summed E-state index contributed by atoms with van der Waals surface area (Å²) in [6.45, 7) is 9.31. The van der Waals surface area contributed by atoms with E-state index < -0.39 is 8.07 Å². The van der Waals surface area contributed by atoms with E-state index in [0.717, 1.165) is 13.2 Å². The van der Waals surface area contributed by atoms with Crippen molar-refractivity contribution in [3.63, 3.8) is 0 Å². The zero-order chi connectivity index (χ0) is 13.0. The van der Waals surface area contributed by atoms with Crippen LogP contribution >= 0.6 is 22.6 Å². The summed E-state index contributed by atoms with van der Waals surface area (Å²) in [7, 11) is -0.932. The Labute approximate surface area is 122 Å². The van der Waals surface area contributed by atoms with Crippen molar-refractivity contribution in [3.05, 3.63) is 0 Å². The third kappa shape index (κ3) is 16.9. The summed E-state index contributed by atoms with van der Waals surface area (Å²) in [5, 5.41) is 0. The van der Waals surface area contributed by atoms with Gasteiger partial charge in [-0.15, -0.1) is 0 Å². The molecule has 0 unspecified atom stereocenters. The van der Waals surface area contributed by atoms with Crippen LogP contribution in [0.15, 0.2) is 0 Å². The molecular weight excluding hydrogens is 343 g/mol. The number of rotatable bonds is 12. The number of ether oxygens (including phenoxy) is 2. The molecule has 0 aliphatic carbocycles. The number of hydrogen-bond donors (Lipinski definition) is 0. The van der Waals surface area contributed by atoms with Gasteiger partial charge in [-0.2, -0.15) is 0 Å². The Morgan fingerprint density at radius 1 is 0.824 bits per heavy atom. The summed E-state index contributed by atoms with van der Waals surface area (Å²) in [4.78, 5) is 0. The lowest BCUT2D eigenvalue weighted by atomic mass is 10.2. The second-order valence-corrected chi connectivity index (χ2v) is 12.4. The molecule has 0 fully saturated rings. The van der Waals surface area contributed by atoms with Crippen LogP contribution in [0.1, 0.15) is 32.1 Å². The number of alkyl halides is 1. The summed E-state index contributed by atoms with van der Waals surface area (Å²) >= 11 is 2.44. The van der Waals surface area contributed by atoms with Gasteiger partial charge >= 0.3 is 0 Å². The third-order valence-corrected chi connectivity index (χ3v) is 5.05. The highest BCUT2D eigenvalue weighted by molar-refractivity contribution is 14.1. The topological polar surface area (TPSA) is 18.5 Å². The second kappa shape index (κ2) is 11.9. The van der Waals surface area contributed by atoms with Crippen molar-refractivity contribution in [3.8, 4) is 0 Å². The number of hydrogen-bond acceptors (Lipinski definition) is 2. The zero-order valence-electron chi connectivity index (χ0n) is 11.8. The molecule has 0 N–H and O–H groups in total. The van der Waals surface area contributed by atoms with E-state index in [1.807, 2.05) is 0 Å². The zero-order valence-corrected chi connectivity index (χ0v) is 14.9.